The number of ether oxygens (including phenoxy) is 1. The molecule has 0 spiro atoms. The zero-order valence-corrected chi connectivity index (χ0v) is 15.1. The summed E-state index contributed by atoms with van der Waals surface area (Å²) in [6.45, 7) is 8.84. The number of carbonyl (C=O) groups is 1. The Kier molecular flexibility index (Phi) is 4.15. The molecule has 5 nitrogen and oxygen atoms in total. The van der Waals surface area contributed by atoms with Gasteiger partial charge in [-0.25, -0.2) is 4.79 Å². The average molecular weight is 442 g/mol. The molecule has 1 amide bonds. The minimum atomic E-state index is -0.467. The maximum atomic E-state index is 12.1. The summed E-state index contributed by atoms with van der Waals surface area (Å²) in [5, 5.41) is 4.45. The third-order valence-electron chi connectivity index (χ3n) is 2.80. The fraction of sp³-hybridized carbons (Fsp3) is 0.667. The van der Waals surface area contributed by atoms with Crippen LogP contribution in [0.15, 0.2) is 4.60 Å². The molecule has 0 bridgehead atoms. The van der Waals surface area contributed by atoms with Gasteiger partial charge in [0.25, 0.3) is 0 Å². The van der Waals surface area contributed by atoms with Crippen LogP contribution in [0.2, 0.25) is 0 Å². The Bertz CT molecular complexity index is 510. The summed E-state index contributed by atoms with van der Waals surface area (Å²) in [7, 11) is 0. The topological polar surface area (TPSA) is 47.4 Å². The van der Waals surface area contributed by atoms with E-state index in [0.717, 1.165) is 13.9 Å². The van der Waals surface area contributed by atoms with Gasteiger partial charge in [-0.1, -0.05) is 0 Å². The molecule has 0 aliphatic carbocycles. The lowest BCUT2D eigenvalue weighted by molar-refractivity contribution is 0.0166. The van der Waals surface area contributed by atoms with E-state index in [9.17, 15) is 4.79 Å². The molecule has 0 fully saturated rings. The van der Waals surface area contributed by atoms with E-state index in [1.807, 2.05) is 25.5 Å². The molecule has 1 atom stereocenters. The molecule has 1 unspecified atom stereocenters. The molecule has 7 heteroatoms. The predicted octanol–water partition coefficient (Wildman–Crippen LogP) is 3.56. The first-order valence-corrected chi connectivity index (χ1v) is 7.96. The van der Waals surface area contributed by atoms with Gasteiger partial charge in [-0.2, -0.15) is 5.10 Å². The van der Waals surface area contributed by atoms with Crippen LogP contribution in [0.3, 0.4) is 0 Å². The molecular formula is C12H17BrIN3O2. The van der Waals surface area contributed by atoms with Crippen molar-refractivity contribution < 1.29 is 9.53 Å². The van der Waals surface area contributed by atoms with Gasteiger partial charge in [0.15, 0.2) is 0 Å². The zero-order chi connectivity index (χ0) is 14.4. The summed E-state index contributed by atoms with van der Waals surface area (Å²) in [6.07, 6.45) is -0.265. The summed E-state index contributed by atoms with van der Waals surface area (Å²) in [5.41, 5.74) is 0.586. The molecule has 1 aliphatic heterocycles. The summed E-state index contributed by atoms with van der Waals surface area (Å²) in [6, 6.07) is 0.149. The molecule has 19 heavy (non-hydrogen) atoms. The highest BCUT2D eigenvalue weighted by atomic mass is 127. The first-order chi connectivity index (χ1) is 8.69. The maximum absolute atomic E-state index is 12.1. The lowest BCUT2D eigenvalue weighted by Gasteiger charge is -2.33. The number of rotatable bonds is 0. The molecule has 0 saturated carbocycles. The standard InChI is InChI=1S/C12H17BrIN3O2/c1-7-5-16(11(18)19-12(2,3)4)6-8-9(14)10(13)15-17(7)8/h7H,5-6H2,1-4H3. The third-order valence-corrected chi connectivity index (χ3v) is 5.23. The molecular weight excluding hydrogens is 425 g/mol. The molecule has 1 aromatic rings. The number of hydrogen-bond acceptors (Lipinski definition) is 3. The van der Waals surface area contributed by atoms with Crippen LogP contribution in [0.4, 0.5) is 4.79 Å². The number of nitrogens with zero attached hydrogens (tertiary/aromatic N) is 3. The molecule has 2 rings (SSSR count). The summed E-state index contributed by atoms with van der Waals surface area (Å²) in [4.78, 5) is 13.9. The normalized spacial score (nSPS) is 19.3. The average Bonchev–Trinajstić information content (AvgIpc) is 2.54. The van der Waals surface area contributed by atoms with Crippen molar-refractivity contribution in [1.82, 2.24) is 14.7 Å². The van der Waals surface area contributed by atoms with E-state index in [-0.39, 0.29) is 12.1 Å². The van der Waals surface area contributed by atoms with Crippen molar-refractivity contribution in [3.8, 4) is 0 Å². The Labute approximate surface area is 134 Å². The van der Waals surface area contributed by atoms with Crippen molar-refractivity contribution in [1.29, 1.82) is 0 Å². The second-order valence-electron chi connectivity index (χ2n) is 5.71. The van der Waals surface area contributed by atoms with Crippen LogP contribution in [-0.4, -0.2) is 32.9 Å². The first-order valence-electron chi connectivity index (χ1n) is 6.09. The lowest BCUT2D eigenvalue weighted by Crippen LogP contribution is -2.43. The molecule has 1 aliphatic rings. The van der Waals surface area contributed by atoms with Crippen LogP contribution in [0.5, 0.6) is 0 Å². The summed E-state index contributed by atoms with van der Waals surface area (Å²) >= 11 is 5.68. The molecule has 2 heterocycles. The summed E-state index contributed by atoms with van der Waals surface area (Å²) in [5.74, 6) is 0. The van der Waals surface area contributed by atoms with Crippen molar-refractivity contribution in [2.24, 2.45) is 0 Å². The first kappa shape index (κ1) is 15.1. The molecule has 0 saturated heterocycles. The molecule has 0 N–H and O–H groups in total. The second-order valence-corrected chi connectivity index (χ2v) is 7.54. The number of fused-ring (bicyclic) bond motifs is 1. The molecule has 106 valence electrons. The Morgan fingerprint density at radius 1 is 1.53 bits per heavy atom. The van der Waals surface area contributed by atoms with Gasteiger partial charge in [0.2, 0.25) is 0 Å². The van der Waals surface area contributed by atoms with E-state index in [4.69, 9.17) is 4.74 Å². The predicted molar refractivity (Wildman–Crippen MR) is 84.0 cm³/mol. The minimum absolute atomic E-state index is 0.149. The highest BCUT2D eigenvalue weighted by Crippen LogP contribution is 2.30. The van der Waals surface area contributed by atoms with Gasteiger partial charge in [0, 0.05) is 6.54 Å². The zero-order valence-electron chi connectivity index (χ0n) is 11.4. The van der Waals surface area contributed by atoms with Crippen molar-refractivity contribution in [3.63, 3.8) is 0 Å². The SMILES string of the molecule is CC1CN(C(=O)OC(C)(C)C)Cc2c(I)c(Br)nn21. The quantitative estimate of drug-likeness (QED) is 0.578. The largest absolute Gasteiger partial charge is 0.444 e. The van der Waals surface area contributed by atoms with Crippen LogP contribution in [0.25, 0.3) is 0 Å². The van der Waals surface area contributed by atoms with E-state index in [0.29, 0.717) is 13.1 Å². The van der Waals surface area contributed by atoms with E-state index < -0.39 is 5.60 Å². The lowest BCUT2D eigenvalue weighted by atomic mass is 10.2. The van der Waals surface area contributed by atoms with E-state index in [2.05, 4.69) is 50.5 Å². The fourth-order valence-corrected chi connectivity index (χ4v) is 2.96. The number of hydrogen-bond donors (Lipinski definition) is 0. The second kappa shape index (κ2) is 5.23. The highest BCUT2D eigenvalue weighted by molar-refractivity contribution is 14.1. The van der Waals surface area contributed by atoms with Crippen molar-refractivity contribution in [3.05, 3.63) is 13.9 Å². The number of amides is 1. The van der Waals surface area contributed by atoms with Crippen molar-refractivity contribution in [2.45, 2.75) is 45.9 Å². The van der Waals surface area contributed by atoms with Crippen LogP contribution in [-0.2, 0) is 11.3 Å². The van der Waals surface area contributed by atoms with Gasteiger partial charge in [-0.3, -0.25) is 4.68 Å². The minimum Gasteiger partial charge on any atom is -0.444 e. The van der Waals surface area contributed by atoms with Gasteiger partial charge in [0.1, 0.15) is 10.2 Å². The molecule has 0 aromatic carbocycles. The van der Waals surface area contributed by atoms with E-state index >= 15 is 0 Å². The Hall–Kier alpha value is -0.310. The summed E-state index contributed by atoms with van der Waals surface area (Å²) < 4.78 is 9.30. The van der Waals surface area contributed by atoms with Gasteiger partial charge >= 0.3 is 6.09 Å². The Balaban J connectivity index is 2.21. The van der Waals surface area contributed by atoms with E-state index in [1.54, 1.807) is 4.90 Å². The fourth-order valence-electron chi connectivity index (χ4n) is 2.03. The number of aromatic nitrogens is 2. The third kappa shape index (κ3) is 3.24. The van der Waals surface area contributed by atoms with Crippen LogP contribution >= 0.6 is 38.5 Å². The van der Waals surface area contributed by atoms with E-state index in [1.165, 1.54) is 0 Å². The van der Waals surface area contributed by atoms with Gasteiger partial charge in [0.05, 0.1) is 21.9 Å². The number of halogens is 2. The van der Waals surface area contributed by atoms with Crippen LogP contribution in [0.1, 0.15) is 39.4 Å². The van der Waals surface area contributed by atoms with Crippen molar-refractivity contribution >= 4 is 44.6 Å². The Morgan fingerprint density at radius 2 is 2.16 bits per heavy atom. The molecule has 1 aromatic heterocycles. The van der Waals surface area contributed by atoms with Gasteiger partial charge in [-0.15, -0.1) is 0 Å². The monoisotopic (exact) mass is 441 g/mol. The van der Waals surface area contributed by atoms with Gasteiger partial charge < -0.3 is 9.64 Å². The maximum Gasteiger partial charge on any atom is 0.410 e. The van der Waals surface area contributed by atoms with Crippen LogP contribution < -0.4 is 0 Å². The van der Waals surface area contributed by atoms with Gasteiger partial charge in [-0.05, 0) is 66.2 Å². The van der Waals surface area contributed by atoms with Crippen molar-refractivity contribution in [2.75, 3.05) is 6.54 Å². The Morgan fingerprint density at radius 3 is 2.74 bits per heavy atom. The molecule has 0 radical (unpaired) electrons. The van der Waals surface area contributed by atoms with Crippen LogP contribution in [0, 0.1) is 3.57 Å². The smallest absolute Gasteiger partial charge is 0.410 e. The number of carbonyl (C=O) groups excluding carboxylic acids is 1. The highest BCUT2D eigenvalue weighted by Gasteiger charge is 2.31.